The van der Waals surface area contributed by atoms with E-state index in [1.165, 1.54) is 6.92 Å². The van der Waals surface area contributed by atoms with E-state index in [9.17, 15) is 9.59 Å². The first-order valence-electron chi connectivity index (χ1n) is 4.93. The van der Waals surface area contributed by atoms with Gasteiger partial charge < -0.3 is 9.73 Å². The molecule has 0 aliphatic rings. The van der Waals surface area contributed by atoms with Gasteiger partial charge >= 0.3 is 0 Å². The predicted molar refractivity (Wildman–Crippen MR) is 59.2 cm³/mol. The summed E-state index contributed by atoms with van der Waals surface area (Å²) < 4.78 is 5.34. The molecule has 0 atom stereocenters. The van der Waals surface area contributed by atoms with Crippen LogP contribution >= 0.6 is 0 Å². The second kappa shape index (κ2) is 4.18. The van der Waals surface area contributed by atoms with Crippen molar-refractivity contribution in [1.29, 1.82) is 0 Å². The molecule has 1 N–H and O–H groups in total. The summed E-state index contributed by atoms with van der Waals surface area (Å²) >= 11 is 0. The van der Waals surface area contributed by atoms with Crippen LogP contribution in [0.3, 0.4) is 0 Å². The van der Waals surface area contributed by atoms with Crippen LogP contribution in [0.1, 0.15) is 17.5 Å². The Balaban J connectivity index is 2.20. The minimum atomic E-state index is -0.369. The summed E-state index contributed by atoms with van der Waals surface area (Å²) in [5.41, 5.74) is 0.662. The van der Waals surface area contributed by atoms with Crippen molar-refractivity contribution in [2.24, 2.45) is 0 Å². The lowest BCUT2D eigenvalue weighted by atomic mass is 10.2. The molecule has 0 aliphatic heterocycles. The summed E-state index contributed by atoms with van der Waals surface area (Å²) in [7, 11) is 0. The number of nitrogens with one attached hydrogen (secondary N) is 1. The van der Waals surface area contributed by atoms with E-state index in [2.05, 4.69) is 5.32 Å². The fraction of sp³-hybridized carbons (Fsp3) is 0.167. The number of carbonyl (C=O) groups excluding carboxylic acids is 2. The van der Waals surface area contributed by atoms with Crippen LogP contribution in [-0.4, -0.2) is 18.2 Å². The third-order valence-electron chi connectivity index (χ3n) is 2.15. The average molecular weight is 217 g/mol. The summed E-state index contributed by atoms with van der Waals surface area (Å²) in [5, 5.41) is 3.35. The normalized spacial score (nSPS) is 10.3. The first-order chi connectivity index (χ1) is 7.66. The second-order valence-corrected chi connectivity index (χ2v) is 3.53. The van der Waals surface area contributed by atoms with E-state index < -0.39 is 0 Å². The summed E-state index contributed by atoms with van der Waals surface area (Å²) in [5.74, 6) is -0.238. The van der Waals surface area contributed by atoms with Crippen LogP contribution < -0.4 is 5.32 Å². The van der Waals surface area contributed by atoms with Crippen LogP contribution in [0.5, 0.6) is 0 Å². The summed E-state index contributed by atoms with van der Waals surface area (Å²) in [6.45, 7) is 1.44. The number of fused-ring (bicyclic) bond motifs is 1. The van der Waals surface area contributed by atoms with E-state index in [4.69, 9.17) is 4.42 Å². The Morgan fingerprint density at radius 3 is 2.75 bits per heavy atom. The zero-order valence-electron chi connectivity index (χ0n) is 8.82. The molecule has 0 aliphatic carbocycles. The largest absolute Gasteiger partial charge is 0.451 e. The molecule has 0 unspecified atom stereocenters. The van der Waals surface area contributed by atoms with E-state index in [0.717, 1.165) is 5.39 Å². The molecule has 0 radical (unpaired) electrons. The van der Waals surface area contributed by atoms with Crippen molar-refractivity contribution in [1.82, 2.24) is 5.32 Å². The standard InChI is InChI=1S/C12H11NO3/c1-8(14)7-13-12(15)11-6-9-4-2-3-5-10(9)16-11/h2-6H,7H2,1H3,(H,13,15). The zero-order chi connectivity index (χ0) is 11.5. The van der Waals surface area contributed by atoms with Gasteiger partial charge in [-0.2, -0.15) is 0 Å². The highest BCUT2D eigenvalue weighted by atomic mass is 16.3. The van der Waals surface area contributed by atoms with E-state index in [0.29, 0.717) is 5.58 Å². The molecule has 2 rings (SSSR count). The predicted octanol–water partition coefficient (Wildman–Crippen LogP) is 1.75. The highest BCUT2D eigenvalue weighted by molar-refractivity contribution is 5.97. The number of para-hydroxylation sites is 1. The Hall–Kier alpha value is -2.10. The maximum atomic E-state index is 11.6. The molecular formula is C12H11NO3. The minimum Gasteiger partial charge on any atom is -0.451 e. The SMILES string of the molecule is CC(=O)CNC(=O)c1cc2ccccc2o1. The van der Waals surface area contributed by atoms with Crippen molar-refractivity contribution in [3.63, 3.8) is 0 Å². The number of furan rings is 1. The Kier molecular flexibility index (Phi) is 2.72. The first kappa shape index (κ1) is 10.4. The molecule has 1 aromatic heterocycles. The van der Waals surface area contributed by atoms with Crippen LogP contribution in [0.4, 0.5) is 0 Å². The van der Waals surface area contributed by atoms with Crippen LogP contribution in [0.25, 0.3) is 11.0 Å². The lowest BCUT2D eigenvalue weighted by Gasteiger charge is -1.97. The molecule has 1 heterocycles. The van der Waals surface area contributed by atoms with Gasteiger partial charge in [0.2, 0.25) is 0 Å². The van der Waals surface area contributed by atoms with Crippen LogP contribution in [-0.2, 0) is 4.79 Å². The van der Waals surface area contributed by atoms with Gasteiger partial charge in [-0.25, -0.2) is 0 Å². The molecule has 0 bridgehead atoms. The third-order valence-corrected chi connectivity index (χ3v) is 2.15. The number of benzene rings is 1. The quantitative estimate of drug-likeness (QED) is 0.852. The third kappa shape index (κ3) is 2.11. The van der Waals surface area contributed by atoms with Crippen molar-refractivity contribution < 1.29 is 14.0 Å². The molecule has 0 spiro atoms. The number of hydrogen-bond donors (Lipinski definition) is 1. The highest BCUT2D eigenvalue weighted by Crippen LogP contribution is 2.18. The molecule has 0 saturated carbocycles. The summed E-state index contributed by atoms with van der Waals surface area (Å²) in [6.07, 6.45) is 0. The van der Waals surface area contributed by atoms with E-state index in [1.807, 2.05) is 18.2 Å². The lowest BCUT2D eigenvalue weighted by molar-refractivity contribution is -0.116. The smallest absolute Gasteiger partial charge is 0.287 e. The number of carbonyl (C=O) groups is 2. The fourth-order valence-electron chi connectivity index (χ4n) is 1.39. The Bertz CT molecular complexity index is 509. The monoisotopic (exact) mass is 217 g/mol. The van der Waals surface area contributed by atoms with Crippen LogP contribution in [0, 0.1) is 0 Å². The second-order valence-electron chi connectivity index (χ2n) is 3.53. The van der Waals surface area contributed by atoms with Crippen LogP contribution in [0.15, 0.2) is 34.7 Å². The topological polar surface area (TPSA) is 59.3 Å². The molecule has 0 fully saturated rings. The van der Waals surface area contributed by atoms with E-state index >= 15 is 0 Å². The average Bonchev–Trinajstić information content (AvgIpc) is 2.69. The maximum Gasteiger partial charge on any atom is 0.287 e. The molecular weight excluding hydrogens is 206 g/mol. The van der Waals surface area contributed by atoms with E-state index in [1.54, 1.807) is 12.1 Å². The highest BCUT2D eigenvalue weighted by Gasteiger charge is 2.11. The van der Waals surface area contributed by atoms with Crippen molar-refractivity contribution in [3.05, 3.63) is 36.1 Å². The van der Waals surface area contributed by atoms with Gasteiger partial charge in [0.15, 0.2) is 5.76 Å². The number of rotatable bonds is 3. The Morgan fingerprint density at radius 1 is 1.31 bits per heavy atom. The van der Waals surface area contributed by atoms with Gasteiger partial charge in [0.25, 0.3) is 5.91 Å². The zero-order valence-corrected chi connectivity index (χ0v) is 8.82. The van der Waals surface area contributed by atoms with Gasteiger partial charge in [-0.05, 0) is 19.1 Å². The summed E-state index contributed by atoms with van der Waals surface area (Å²) in [4.78, 5) is 22.3. The maximum absolute atomic E-state index is 11.6. The minimum absolute atomic E-state index is 0.0237. The van der Waals surface area contributed by atoms with Gasteiger partial charge in [0, 0.05) is 5.39 Å². The molecule has 0 saturated heterocycles. The lowest BCUT2D eigenvalue weighted by Crippen LogP contribution is -2.27. The first-order valence-corrected chi connectivity index (χ1v) is 4.93. The van der Waals surface area contributed by atoms with Gasteiger partial charge in [-0.3, -0.25) is 9.59 Å². The van der Waals surface area contributed by atoms with Crippen molar-refractivity contribution in [2.75, 3.05) is 6.54 Å². The molecule has 82 valence electrons. The van der Waals surface area contributed by atoms with E-state index in [-0.39, 0.29) is 24.0 Å². The van der Waals surface area contributed by atoms with Gasteiger partial charge in [-0.1, -0.05) is 18.2 Å². The Labute approximate surface area is 92.2 Å². The number of Topliss-reactive ketones (excluding diaryl/α,β-unsaturated/α-hetero) is 1. The molecule has 2 aromatic rings. The molecule has 1 amide bonds. The van der Waals surface area contributed by atoms with Gasteiger partial charge in [0.05, 0.1) is 6.54 Å². The Morgan fingerprint density at radius 2 is 2.06 bits per heavy atom. The summed E-state index contributed by atoms with van der Waals surface area (Å²) in [6, 6.07) is 9.01. The van der Waals surface area contributed by atoms with Crippen LogP contribution in [0.2, 0.25) is 0 Å². The molecule has 4 heteroatoms. The van der Waals surface area contributed by atoms with Gasteiger partial charge in [0.1, 0.15) is 11.4 Å². The molecule has 16 heavy (non-hydrogen) atoms. The van der Waals surface area contributed by atoms with Crippen molar-refractivity contribution in [2.45, 2.75) is 6.92 Å². The van der Waals surface area contributed by atoms with Crippen molar-refractivity contribution >= 4 is 22.7 Å². The number of amides is 1. The molecule has 4 nitrogen and oxygen atoms in total. The fourth-order valence-corrected chi connectivity index (χ4v) is 1.39. The van der Waals surface area contributed by atoms with Gasteiger partial charge in [-0.15, -0.1) is 0 Å². The number of ketones is 1. The number of hydrogen-bond acceptors (Lipinski definition) is 3. The molecule has 1 aromatic carbocycles. The van der Waals surface area contributed by atoms with Crippen molar-refractivity contribution in [3.8, 4) is 0 Å².